The average Bonchev–Trinajstić information content (AvgIpc) is 3.21. The van der Waals surface area contributed by atoms with E-state index in [1.54, 1.807) is 17.5 Å². The van der Waals surface area contributed by atoms with Gasteiger partial charge in [0.15, 0.2) is 0 Å². The van der Waals surface area contributed by atoms with E-state index in [2.05, 4.69) is 0 Å². The van der Waals surface area contributed by atoms with Crippen LogP contribution in [0.5, 0.6) is 5.75 Å². The number of aromatic hydroxyl groups is 1. The second-order valence-corrected chi connectivity index (χ2v) is 7.45. The fourth-order valence-electron chi connectivity index (χ4n) is 3.03. The Balaban J connectivity index is 2.07. The summed E-state index contributed by atoms with van der Waals surface area (Å²) in [6.07, 6.45) is -4.56. The lowest BCUT2D eigenvalue weighted by atomic mass is 10.1. The molecule has 0 aliphatic heterocycles. The van der Waals surface area contributed by atoms with Crippen molar-refractivity contribution in [2.24, 2.45) is 5.73 Å². The number of nitrogens with two attached hydrogens (primary N) is 1. The van der Waals surface area contributed by atoms with Crippen LogP contribution in [0, 0.1) is 0 Å². The van der Waals surface area contributed by atoms with Crippen LogP contribution in [0.2, 0.25) is 0 Å². The van der Waals surface area contributed by atoms with Crippen molar-refractivity contribution in [3.8, 4) is 5.75 Å². The summed E-state index contributed by atoms with van der Waals surface area (Å²) in [5.74, 6) is -1.89. The SMILES string of the molecule is NC(=O)[C@@H](c1cccs1)N(Cc1cccc(C(F)(F)F)c1)C(=O)c1ccccc1O. The van der Waals surface area contributed by atoms with Crippen molar-refractivity contribution >= 4 is 23.2 Å². The average molecular weight is 434 g/mol. The molecule has 3 rings (SSSR count). The van der Waals surface area contributed by atoms with Crippen LogP contribution < -0.4 is 5.73 Å². The Morgan fingerprint density at radius 3 is 2.40 bits per heavy atom. The molecule has 1 aromatic heterocycles. The van der Waals surface area contributed by atoms with Gasteiger partial charge in [-0.05, 0) is 41.3 Å². The quantitative estimate of drug-likeness (QED) is 0.605. The predicted molar refractivity (Wildman–Crippen MR) is 106 cm³/mol. The van der Waals surface area contributed by atoms with Crippen LogP contribution in [0.3, 0.4) is 0 Å². The summed E-state index contributed by atoms with van der Waals surface area (Å²) in [6.45, 7) is -0.317. The maximum absolute atomic E-state index is 13.2. The minimum Gasteiger partial charge on any atom is -0.507 e. The lowest BCUT2D eigenvalue weighted by molar-refractivity contribution is -0.137. The molecule has 1 atom stereocenters. The van der Waals surface area contributed by atoms with Crippen LogP contribution in [0.4, 0.5) is 13.2 Å². The number of amides is 2. The number of primary amides is 1. The number of benzene rings is 2. The van der Waals surface area contributed by atoms with Gasteiger partial charge in [-0.2, -0.15) is 13.2 Å². The van der Waals surface area contributed by atoms with Crippen molar-refractivity contribution in [1.29, 1.82) is 0 Å². The van der Waals surface area contributed by atoms with Crippen molar-refractivity contribution in [1.82, 2.24) is 4.90 Å². The van der Waals surface area contributed by atoms with E-state index in [1.165, 1.54) is 47.7 Å². The number of hydrogen-bond donors (Lipinski definition) is 2. The molecule has 0 radical (unpaired) electrons. The van der Waals surface area contributed by atoms with Gasteiger partial charge in [-0.25, -0.2) is 0 Å². The Kier molecular flexibility index (Phi) is 6.12. The third kappa shape index (κ3) is 4.62. The molecule has 0 spiro atoms. The minimum absolute atomic E-state index is 0.0905. The molecule has 0 saturated heterocycles. The highest BCUT2D eigenvalue weighted by atomic mass is 32.1. The number of hydrogen-bond acceptors (Lipinski definition) is 4. The van der Waals surface area contributed by atoms with Gasteiger partial charge in [0.25, 0.3) is 5.91 Å². The molecule has 3 N–H and O–H groups in total. The molecule has 9 heteroatoms. The van der Waals surface area contributed by atoms with Crippen LogP contribution in [0.15, 0.2) is 66.0 Å². The third-order valence-electron chi connectivity index (χ3n) is 4.40. The molecule has 1 heterocycles. The highest BCUT2D eigenvalue weighted by molar-refractivity contribution is 7.10. The fraction of sp³-hybridized carbons (Fsp3) is 0.143. The Morgan fingerprint density at radius 2 is 1.80 bits per heavy atom. The molecule has 2 aromatic carbocycles. The summed E-state index contributed by atoms with van der Waals surface area (Å²) < 4.78 is 39.3. The van der Waals surface area contributed by atoms with Gasteiger partial charge in [0.2, 0.25) is 5.91 Å². The van der Waals surface area contributed by atoms with Gasteiger partial charge in [0.1, 0.15) is 11.8 Å². The minimum atomic E-state index is -4.56. The largest absolute Gasteiger partial charge is 0.507 e. The first kappa shape index (κ1) is 21.4. The van der Waals surface area contributed by atoms with Gasteiger partial charge < -0.3 is 15.7 Å². The molecule has 0 saturated carbocycles. The zero-order valence-electron chi connectivity index (χ0n) is 15.5. The van der Waals surface area contributed by atoms with Crippen molar-refractivity contribution in [2.45, 2.75) is 18.8 Å². The standard InChI is InChI=1S/C21H17F3N2O3S/c22-21(23,24)14-6-3-5-13(11-14)12-26(18(19(25)28)17-9-4-10-30-17)20(29)15-7-1-2-8-16(15)27/h1-11,18,27H,12H2,(H2,25,28)/t18-/m1/s1. The fourth-order valence-corrected chi connectivity index (χ4v) is 3.87. The van der Waals surface area contributed by atoms with Crippen molar-refractivity contribution in [3.05, 3.63) is 87.6 Å². The van der Waals surface area contributed by atoms with Gasteiger partial charge in [-0.15, -0.1) is 11.3 Å². The molecule has 156 valence electrons. The number of alkyl halides is 3. The van der Waals surface area contributed by atoms with Gasteiger partial charge in [-0.1, -0.05) is 30.3 Å². The molecule has 0 fully saturated rings. The monoisotopic (exact) mass is 434 g/mol. The summed E-state index contributed by atoms with van der Waals surface area (Å²) in [5, 5.41) is 11.8. The number of thiophene rings is 1. The van der Waals surface area contributed by atoms with E-state index < -0.39 is 29.6 Å². The molecule has 0 aliphatic rings. The van der Waals surface area contributed by atoms with E-state index in [9.17, 15) is 27.9 Å². The van der Waals surface area contributed by atoms with E-state index in [0.717, 1.165) is 17.0 Å². The number of rotatable bonds is 6. The summed E-state index contributed by atoms with van der Waals surface area (Å²) >= 11 is 1.19. The molecule has 0 aliphatic carbocycles. The topological polar surface area (TPSA) is 83.6 Å². The van der Waals surface area contributed by atoms with Gasteiger partial charge in [-0.3, -0.25) is 9.59 Å². The number of phenols is 1. The van der Waals surface area contributed by atoms with E-state index in [0.29, 0.717) is 4.88 Å². The number of nitrogens with zero attached hydrogens (tertiary/aromatic N) is 1. The van der Waals surface area contributed by atoms with Crippen molar-refractivity contribution < 1.29 is 27.9 Å². The molecule has 0 bridgehead atoms. The number of para-hydroxylation sites is 1. The van der Waals surface area contributed by atoms with E-state index in [4.69, 9.17) is 5.73 Å². The first-order valence-electron chi connectivity index (χ1n) is 8.76. The molecule has 3 aromatic rings. The number of carbonyl (C=O) groups is 2. The predicted octanol–water partition coefficient (Wildman–Crippen LogP) is 4.34. The summed E-state index contributed by atoms with van der Waals surface area (Å²) in [4.78, 5) is 27.0. The molecule has 30 heavy (non-hydrogen) atoms. The first-order chi connectivity index (χ1) is 14.2. The highest BCUT2D eigenvalue weighted by Gasteiger charge is 2.34. The lowest BCUT2D eigenvalue weighted by Crippen LogP contribution is -2.41. The Bertz CT molecular complexity index is 1050. The maximum Gasteiger partial charge on any atom is 0.416 e. The Hall–Kier alpha value is -3.33. The van der Waals surface area contributed by atoms with E-state index in [1.807, 2.05) is 0 Å². The van der Waals surface area contributed by atoms with Crippen LogP contribution in [-0.4, -0.2) is 21.8 Å². The number of carbonyl (C=O) groups excluding carboxylic acids is 2. The Morgan fingerprint density at radius 1 is 1.07 bits per heavy atom. The van der Waals surface area contributed by atoms with Crippen LogP contribution >= 0.6 is 11.3 Å². The van der Waals surface area contributed by atoms with Gasteiger partial charge in [0, 0.05) is 11.4 Å². The van der Waals surface area contributed by atoms with E-state index in [-0.39, 0.29) is 23.4 Å². The lowest BCUT2D eigenvalue weighted by Gasteiger charge is -2.30. The molecule has 0 unspecified atom stereocenters. The second kappa shape index (κ2) is 8.58. The first-order valence-corrected chi connectivity index (χ1v) is 9.64. The maximum atomic E-state index is 13.2. The van der Waals surface area contributed by atoms with E-state index >= 15 is 0 Å². The number of halogens is 3. The van der Waals surface area contributed by atoms with Crippen LogP contribution in [-0.2, 0) is 17.5 Å². The van der Waals surface area contributed by atoms with Gasteiger partial charge >= 0.3 is 6.18 Å². The van der Waals surface area contributed by atoms with Crippen molar-refractivity contribution in [2.75, 3.05) is 0 Å². The molecular weight excluding hydrogens is 417 g/mol. The summed E-state index contributed by atoms with van der Waals surface area (Å²) in [7, 11) is 0. The number of phenolic OH excluding ortho intramolecular Hbond substituents is 1. The Labute approximate surface area is 174 Å². The molecule has 5 nitrogen and oxygen atoms in total. The zero-order chi connectivity index (χ0) is 21.9. The van der Waals surface area contributed by atoms with Crippen molar-refractivity contribution in [3.63, 3.8) is 0 Å². The van der Waals surface area contributed by atoms with Crippen LogP contribution in [0.25, 0.3) is 0 Å². The smallest absolute Gasteiger partial charge is 0.416 e. The summed E-state index contributed by atoms with van der Waals surface area (Å²) in [6, 6.07) is 12.3. The van der Waals surface area contributed by atoms with Crippen LogP contribution in [0.1, 0.15) is 32.4 Å². The molecular formula is C21H17F3N2O3S. The second-order valence-electron chi connectivity index (χ2n) is 6.47. The van der Waals surface area contributed by atoms with Gasteiger partial charge in [0.05, 0.1) is 11.1 Å². The highest BCUT2D eigenvalue weighted by Crippen LogP contribution is 2.33. The zero-order valence-corrected chi connectivity index (χ0v) is 16.3. The normalized spacial score (nSPS) is 12.4. The third-order valence-corrected chi connectivity index (χ3v) is 5.32. The summed E-state index contributed by atoms with van der Waals surface area (Å²) in [5.41, 5.74) is 4.77. The molecule has 2 amide bonds.